The molecule has 0 saturated carbocycles. The summed E-state index contributed by atoms with van der Waals surface area (Å²) < 4.78 is 5.97. The Hall–Kier alpha value is -1.72. The van der Waals surface area contributed by atoms with Gasteiger partial charge < -0.3 is 4.42 Å². The standard InChI is InChI=1S/C18H21N3OS/c1-23-9-7-17-15-12-21(8-6-16(15)19-20-17)11-14-10-13-4-2-3-5-18(13)22-14/h2-5,10H,6-9,11-12H2,1H3,(H,19,20). The maximum Gasteiger partial charge on any atom is 0.134 e. The molecule has 0 atom stereocenters. The third-order valence-electron chi connectivity index (χ3n) is 4.50. The number of para-hydroxylation sites is 1. The number of hydrogen-bond acceptors (Lipinski definition) is 4. The van der Waals surface area contributed by atoms with Gasteiger partial charge in [0.1, 0.15) is 11.3 Å². The number of rotatable bonds is 5. The van der Waals surface area contributed by atoms with Crippen LogP contribution >= 0.6 is 11.8 Å². The molecule has 4 nitrogen and oxygen atoms in total. The summed E-state index contributed by atoms with van der Waals surface area (Å²) in [5.41, 5.74) is 4.94. The lowest BCUT2D eigenvalue weighted by molar-refractivity contribution is 0.226. The molecule has 5 heteroatoms. The molecule has 3 aromatic rings. The Balaban J connectivity index is 1.50. The van der Waals surface area contributed by atoms with Crippen molar-refractivity contribution in [3.05, 3.63) is 53.0 Å². The van der Waals surface area contributed by atoms with Crippen molar-refractivity contribution in [3.8, 4) is 0 Å². The van der Waals surface area contributed by atoms with Gasteiger partial charge in [0.05, 0.1) is 12.2 Å². The summed E-state index contributed by atoms with van der Waals surface area (Å²) in [5, 5.41) is 8.94. The summed E-state index contributed by atoms with van der Waals surface area (Å²) in [6.07, 6.45) is 4.24. The van der Waals surface area contributed by atoms with E-state index < -0.39 is 0 Å². The highest BCUT2D eigenvalue weighted by Crippen LogP contribution is 2.25. The predicted octanol–water partition coefficient (Wildman–Crippen LogP) is 3.62. The summed E-state index contributed by atoms with van der Waals surface area (Å²) in [4.78, 5) is 2.46. The van der Waals surface area contributed by atoms with Gasteiger partial charge in [-0.15, -0.1) is 0 Å². The number of aromatic nitrogens is 2. The first kappa shape index (κ1) is 14.8. The van der Waals surface area contributed by atoms with Crippen LogP contribution in [-0.4, -0.2) is 33.7 Å². The molecule has 0 fully saturated rings. The van der Waals surface area contributed by atoms with Crippen LogP contribution in [0.15, 0.2) is 34.7 Å². The molecule has 1 aliphatic heterocycles. The molecule has 0 saturated heterocycles. The topological polar surface area (TPSA) is 45.1 Å². The first-order valence-corrected chi connectivity index (χ1v) is 9.46. The summed E-state index contributed by atoms with van der Waals surface area (Å²) >= 11 is 1.87. The Labute approximate surface area is 140 Å². The van der Waals surface area contributed by atoms with Gasteiger partial charge >= 0.3 is 0 Å². The minimum Gasteiger partial charge on any atom is -0.460 e. The van der Waals surface area contributed by atoms with Gasteiger partial charge in [-0.05, 0) is 24.1 Å². The van der Waals surface area contributed by atoms with Crippen molar-refractivity contribution in [2.24, 2.45) is 0 Å². The second-order valence-corrected chi connectivity index (χ2v) is 7.07. The van der Waals surface area contributed by atoms with Crippen LogP contribution < -0.4 is 0 Å². The van der Waals surface area contributed by atoms with Gasteiger partial charge in [0.25, 0.3) is 0 Å². The Morgan fingerprint density at radius 3 is 3.13 bits per heavy atom. The van der Waals surface area contributed by atoms with Crippen molar-refractivity contribution in [2.75, 3.05) is 18.6 Å². The van der Waals surface area contributed by atoms with E-state index >= 15 is 0 Å². The molecular weight excluding hydrogens is 306 g/mol. The van der Waals surface area contributed by atoms with Crippen LogP contribution in [0, 0.1) is 0 Å². The van der Waals surface area contributed by atoms with E-state index in [4.69, 9.17) is 4.42 Å². The zero-order valence-electron chi connectivity index (χ0n) is 13.3. The number of furan rings is 1. The zero-order chi connectivity index (χ0) is 15.6. The minimum absolute atomic E-state index is 0.862. The summed E-state index contributed by atoms with van der Waals surface area (Å²) in [6.45, 7) is 2.88. The fraction of sp³-hybridized carbons (Fsp3) is 0.389. The second kappa shape index (κ2) is 6.42. The molecule has 1 aliphatic rings. The Bertz CT molecular complexity index is 775. The van der Waals surface area contributed by atoms with Gasteiger partial charge in [-0.25, -0.2) is 0 Å². The van der Waals surface area contributed by atoms with E-state index in [0.717, 1.165) is 49.6 Å². The summed E-state index contributed by atoms with van der Waals surface area (Å²) in [7, 11) is 0. The number of aromatic amines is 1. The quantitative estimate of drug-likeness (QED) is 0.777. The molecule has 3 heterocycles. The number of nitrogens with zero attached hydrogens (tertiary/aromatic N) is 2. The number of thioether (sulfide) groups is 1. The van der Waals surface area contributed by atoms with Crippen molar-refractivity contribution in [1.29, 1.82) is 0 Å². The monoisotopic (exact) mass is 327 g/mol. The number of hydrogen-bond donors (Lipinski definition) is 1. The van der Waals surface area contributed by atoms with Gasteiger partial charge in [0.15, 0.2) is 0 Å². The molecule has 120 valence electrons. The molecule has 0 bridgehead atoms. The van der Waals surface area contributed by atoms with E-state index in [2.05, 4.69) is 39.6 Å². The van der Waals surface area contributed by atoms with E-state index in [-0.39, 0.29) is 0 Å². The molecule has 0 aliphatic carbocycles. The molecular formula is C18H21N3OS. The molecule has 0 radical (unpaired) electrons. The number of nitrogens with one attached hydrogen (secondary N) is 1. The first-order valence-electron chi connectivity index (χ1n) is 8.07. The van der Waals surface area contributed by atoms with Gasteiger partial charge in [-0.3, -0.25) is 10.00 Å². The van der Waals surface area contributed by atoms with Gasteiger partial charge in [0, 0.05) is 42.6 Å². The van der Waals surface area contributed by atoms with Gasteiger partial charge in [-0.1, -0.05) is 18.2 Å². The summed E-state index contributed by atoms with van der Waals surface area (Å²) in [6, 6.07) is 10.4. The maximum absolute atomic E-state index is 5.97. The van der Waals surface area contributed by atoms with Crippen molar-refractivity contribution in [2.45, 2.75) is 25.9 Å². The van der Waals surface area contributed by atoms with Crippen molar-refractivity contribution in [3.63, 3.8) is 0 Å². The largest absolute Gasteiger partial charge is 0.460 e. The fourth-order valence-electron chi connectivity index (χ4n) is 3.29. The average Bonchev–Trinajstić information content (AvgIpc) is 3.16. The highest BCUT2D eigenvalue weighted by atomic mass is 32.2. The van der Waals surface area contributed by atoms with E-state index in [0.29, 0.717) is 0 Å². The Kier molecular flexibility index (Phi) is 4.14. The lowest BCUT2D eigenvalue weighted by Crippen LogP contribution is -2.30. The van der Waals surface area contributed by atoms with Crippen LogP contribution in [-0.2, 0) is 25.9 Å². The average molecular weight is 327 g/mol. The SMILES string of the molecule is CSCCc1n[nH]c2c1CN(Cc1cc3ccccc3o1)CC2. The van der Waals surface area contributed by atoms with Crippen molar-refractivity contribution >= 4 is 22.7 Å². The molecule has 0 unspecified atom stereocenters. The fourth-order valence-corrected chi connectivity index (χ4v) is 3.68. The number of benzene rings is 1. The molecule has 1 N–H and O–H groups in total. The van der Waals surface area contributed by atoms with Gasteiger partial charge in [0.2, 0.25) is 0 Å². The number of H-pyrrole nitrogens is 1. The van der Waals surface area contributed by atoms with Crippen molar-refractivity contribution in [1.82, 2.24) is 15.1 Å². The highest BCUT2D eigenvalue weighted by molar-refractivity contribution is 7.98. The third kappa shape index (κ3) is 3.03. The molecule has 0 amide bonds. The predicted molar refractivity (Wildman–Crippen MR) is 94.7 cm³/mol. The normalized spacial score (nSPS) is 15.2. The minimum atomic E-state index is 0.862. The van der Waals surface area contributed by atoms with E-state index in [1.165, 1.54) is 22.3 Å². The molecule has 23 heavy (non-hydrogen) atoms. The van der Waals surface area contributed by atoms with E-state index in [1.807, 2.05) is 23.9 Å². The van der Waals surface area contributed by atoms with Crippen LogP contribution in [0.3, 0.4) is 0 Å². The second-order valence-electron chi connectivity index (χ2n) is 6.08. The lowest BCUT2D eigenvalue weighted by Gasteiger charge is -2.26. The van der Waals surface area contributed by atoms with Crippen LogP contribution in [0.1, 0.15) is 22.7 Å². The number of fused-ring (bicyclic) bond motifs is 2. The summed E-state index contributed by atoms with van der Waals surface area (Å²) in [5.74, 6) is 2.17. The van der Waals surface area contributed by atoms with E-state index in [9.17, 15) is 0 Å². The first-order chi connectivity index (χ1) is 11.3. The zero-order valence-corrected chi connectivity index (χ0v) is 14.2. The molecule has 4 rings (SSSR count). The maximum atomic E-state index is 5.97. The van der Waals surface area contributed by atoms with Crippen LogP contribution in [0.2, 0.25) is 0 Å². The van der Waals surface area contributed by atoms with Crippen LogP contribution in [0.25, 0.3) is 11.0 Å². The molecule has 1 aromatic carbocycles. The van der Waals surface area contributed by atoms with Crippen LogP contribution in [0.5, 0.6) is 0 Å². The third-order valence-corrected chi connectivity index (χ3v) is 5.11. The van der Waals surface area contributed by atoms with E-state index in [1.54, 1.807) is 0 Å². The Morgan fingerprint density at radius 2 is 2.26 bits per heavy atom. The Morgan fingerprint density at radius 1 is 1.35 bits per heavy atom. The lowest BCUT2D eigenvalue weighted by atomic mass is 10.0. The van der Waals surface area contributed by atoms with Gasteiger partial charge in [-0.2, -0.15) is 16.9 Å². The molecule has 2 aromatic heterocycles. The van der Waals surface area contributed by atoms with Crippen molar-refractivity contribution < 1.29 is 4.42 Å². The van der Waals surface area contributed by atoms with Crippen LogP contribution in [0.4, 0.5) is 0 Å². The molecule has 0 spiro atoms. The smallest absolute Gasteiger partial charge is 0.134 e. The number of aryl methyl sites for hydroxylation is 1. The highest BCUT2D eigenvalue weighted by Gasteiger charge is 2.22.